The Bertz CT molecular complexity index is 253. The lowest BCUT2D eigenvalue weighted by Crippen LogP contribution is -1.82. The number of methoxy groups -OCH3 is 1. The molecule has 0 radical (unpaired) electrons. The second-order valence-electron chi connectivity index (χ2n) is 2.13. The SMILES string of the molecule is CCc1cc(C=O)c(OC)s1. The predicted molar refractivity (Wildman–Crippen MR) is 45.6 cm³/mol. The van der Waals surface area contributed by atoms with Crippen LogP contribution in [0.15, 0.2) is 6.07 Å². The third-order valence-electron chi connectivity index (χ3n) is 1.44. The van der Waals surface area contributed by atoms with Crippen LogP contribution in [0, 0.1) is 0 Å². The molecule has 1 heterocycles. The number of aldehydes is 1. The van der Waals surface area contributed by atoms with Crippen LogP contribution in [0.1, 0.15) is 22.2 Å². The molecular formula is C8H10O2S. The molecule has 60 valence electrons. The maximum atomic E-state index is 10.4. The van der Waals surface area contributed by atoms with Crippen molar-refractivity contribution < 1.29 is 9.53 Å². The molecule has 1 rings (SSSR count). The number of hydrogen-bond donors (Lipinski definition) is 0. The topological polar surface area (TPSA) is 26.3 Å². The smallest absolute Gasteiger partial charge is 0.184 e. The van der Waals surface area contributed by atoms with Crippen LogP contribution in [0.4, 0.5) is 0 Å². The van der Waals surface area contributed by atoms with E-state index in [4.69, 9.17) is 4.74 Å². The molecule has 0 spiro atoms. The van der Waals surface area contributed by atoms with E-state index >= 15 is 0 Å². The van der Waals surface area contributed by atoms with E-state index in [1.165, 1.54) is 16.2 Å². The fourth-order valence-corrected chi connectivity index (χ4v) is 1.73. The highest BCUT2D eigenvalue weighted by Gasteiger charge is 2.06. The van der Waals surface area contributed by atoms with Crippen molar-refractivity contribution in [3.05, 3.63) is 16.5 Å². The molecule has 0 unspecified atom stereocenters. The number of hydrogen-bond acceptors (Lipinski definition) is 3. The molecule has 0 aliphatic rings. The van der Waals surface area contributed by atoms with Crippen molar-refractivity contribution in [3.8, 4) is 5.06 Å². The van der Waals surface area contributed by atoms with Crippen molar-refractivity contribution in [3.63, 3.8) is 0 Å². The van der Waals surface area contributed by atoms with Crippen LogP contribution in [-0.4, -0.2) is 13.4 Å². The second-order valence-corrected chi connectivity index (χ2v) is 3.23. The standard InChI is InChI=1S/C8H10O2S/c1-3-7-4-6(5-9)8(10-2)11-7/h4-5H,3H2,1-2H3. The number of rotatable bonds is 3. The summed E-state index contributed by atoms with van der Waals surface area (Å²) in [5.41, 5.74) is 0.661. The molecule has 1 aromatic rings. The fraction of sp³-hybridized carbons (Fsp3) is 0.375. The molecule has 0 atom stereocenters. The van der Waals surface area contributed by atoms with Crippen LogP contribution in [0.3, 0.4) is 0 Å². The van der Waals surface area contributed by atoms with E-state index < -0.39 is 0 Å². The highest BCUT2D eigenvalue weighted by molar-refractivity contribution is 7.14. The Hall–Kier alpha value is -0.830. The van der Waals surface area contributed by atoms with Crippen molar-refractivity contribution in [2.45, 2.75) is 13.3 Å². The summed E-state index contributed by atoms with van der Waals surface area (Å²) in [4.78, 5) is 11.6. The molecule has 0 amide bonds. The van der Waals surface area contributed by atoms with Gasteiger partial charge in [0, 0.05) is 4.88 Å². The lowest BCUT2D eigenvalue weighted by atomic mass is 10.3. The molecular weight excluding hydrogens is 160 g/mol. The van der Waals surface area contributed by atoms with Crippen molar-refractivity contribution in [2.24, 2.45) is 0 Å². The zero-order valence-corrected chi connectivity index (χ0v) is 7.40. The van der Waals surface area contributed by atoms with Crippen LogP contribution in [0.2, 0.25) is 0 Å². The minimum Gasteiger partial charge on any atom is -0.487 e. The largest absolute Gasteiger partial charge is 0.487 e. The molecule has 0 bridgehead atoms. The lowest BCUT2D eigenvalue weighted by molar-refractivity contribution is 0.112. The van der Waals surface area contributed by atoms with Crippen LogP contribution >= 0.6 is 11.3 Å². The Morgan fingerprint density at radius 3 is 2.82 bits per heavy atom. The molecule has 0 saturated carbocycles. The van der Waals surface area contributed by atoms with E-state index in [0.717, 1.165) is 17.8 Å². The molecule has 0 fully saturated rings. The summed E-state index contributed by atoms with van der Waals surface area (Å²) >= 11 is 1.53. The summed E-state index contributed by atoms with van der Waals surface area (Å²) in [7, 11) is 1.58. The average molecular weight is 170 g/mol. The first kappa shape index (κ1) is 8.27. The van der Waals surface area contributed by atoms with Crippen LogP contribution in [0.25, 0.3) is 0 Å². The Morgan fingerprint density at radius 1 is 1.73 bits per heavy atom. The summed E-state index contributed by atoms with van der Waals surface area (Å²) in [6.45, 7) is 2.06. The summed E-state index contributed by atoms with van der Waals surface area (Å²) in [6, 6.07) is 1.87. The second kappa shape index (κ2) is 3.53. The first-order valence-electron chi connectivity index (χ1n) is 3.43. The summed E-state index contributed by atoms with van der Waals surface area (Å²) in [5, 5.41) is 0.719. The summed E-state index contributed by atoms with van der Waals surface area (Å²) in [5.74, 6) is 0. The lowest BCUT2D eigenvalue weighted by Gasteiger charge is -1.91. The Kier molecular flexibility index (Phi) is 2.65. The molecule has 0 saturated heterocycles. The Labute approximate surface area is 69.8 Å². The zero-order valence-electron chi connectivity index (χ0n) is 6.59. The van der Waals surface area contributed by atoms with Crippen LogP contribution < -0.4 is 4.74 Å². The van der Waals surface area contributed by atoms with Crippen LogP contribution in [0.5, 0.6) is 5.06 Å². The summed E-state index contributed by atoms with van der Waals surface area (Å²) in [6.07, 6.45) is 1.78. The zero-order chi connectivity index (χ0) is 8.27. The van der Waals surface area contributed by atoms with Gasteiger partial charge < -0.3 is 4.74 Å². The molecule has 0 aliphatic carbocycles. The Morgan fingerprint density at radius 2 is 2.45 bits per heavy atom. The van der Waals surface area contributed by atoms with Gasteiger partial charge in [-0.3, -0.25) is 4.79 Å². The highest BCUT2D eigenvalue weighted by Crippen LogP contribution is 2.28. The van der Waals surface area contributed by atoms with E-state index in [0.29, 0.717) is 5.56 Å². The van der Waals surface area contributed by atoms with Crippen molar-refractivity contribution in [2.75, 3.05) is 7.11 Å². The quantitative estimate of drug-likeness (QED) is 0.649. The molecule has 1 aromatic heterocycles. The van der Waals surface area contributed by atoms with Gasteiger partial charge >= 0.3 is 0 Å². The minimum atomic E-state index is 0.661. The number of carbonyl (C=O) groups is 1. The van der Waals surface area contributed by atoms with Crippen molar-refractivity contribution in [1.29, 1.82) is 0 Å². The van der Waals surface area contributed by atoms with Gasteiger partial charge in [-0.2, -0.15) is 0 Å². The monoisotopic (exact) mass is 170 g/mol. The maximum absolute atomic E-state index is 10.4. The first-order chi connectivity index (χ1) is 5.31. The number of aryl methyl sites for hydroxylation is 1. The fourth-order valence-electron chi connectivity index (χ4n) is 0.856. The number of ether oxygens (including phenoxy) is 1. The Balaban J connectivity index is 3.01. The highest BCUT2D eigenvalue weighted by atomic mass is 32.1. The van der Waals surface area contributed by atoms with Gasteiger partial charge in [0.15, 0.2) is 11.3 Å². The molecule has 0 N–H and O–H groups in total. The minimum absolute atomic E-state index is 0.661. The predicted octanol–water partition coefficient (Wildman–Crippen LogP) is 2.13. The number of carbonyl (C=O) groups excluding carboxylic acids is 1. The van der Waals surface area contributed by atoms with Gasteiger partial charge in [-0.05, 0) is 12.5 Å². The maximum Gasteiger partial charge on any atom is 0.184 e. The van der Waals surface area contributed by atoms with E-state index in [2.05, 4.69) is 6.92 Å². The van der Waals surface area contributed by atoms with E-state index in [9.17, 15) is 4.79 Å². The molecule has 3 heteroatoms. The summed E-state index contributed by atoms with van der Waals surface area (Å²) < 4.78 is 5.01. The van der Waals surface area contributed by atoms with Gasteiger partial charge in [-0.25, -0.2) is 0 Å². The van der Waals surface area contributed by atoms with Gasteiger partial charge in [-0.15, -0.1) is 11.3 Å². The first-order valence-corrected chi connectivity index (χ1v) is 4.25. The van der Waals surface area contributed by atoms with Gasteiger partial charge in [0.25, 0.3) is 0 Å². The molecule has 2 nitrogen and oxygen atoms in total. The average Bonchev–Trinajstić information content (AvgIpc) is 2.46. The van der Waals surface area contributed by atoms with E-state index in [1.54, 1.807) is 7.11 Å². The molecule has 0 aliphatic heterocycles. The van der Waals surface area contributed by atoms with Gasteiger partial charge in [0.1, 0.15) is 0 Å². The third kappa shape index (κ3) is 1.60. The van der Waals surface area contributed by atoms with Gasteiger partial charge in [-0.1, -0.05) is 6.92 Å². The molecule has 0 aromatic carbocycles. The van der Waals surface area contributed by atoms with Gasteiger partial charge in [0.05, 0.1) is 12.7 Å². The molecule has 11 heavy (non-hydrogen) atoms. The normalized spacial score (nSPS) is 9.64. The van der Waals surface area contributed by atoms with Gasteiger partial charge in [0.2, 0.25) is 0 Å². The van der Waals surface area contributed by atoms with Crippen LogP contribution in [-0.2, 0) is 6.42 Å². The number of thiophene rings is 1. The van der Waals surface area contributed by atoms with Crippen molar-refractivity contribution in [1.82, 2.24) is 0 Å². The van der Waals surface area contributed by atoms with Crippen molar-refractivity contribution >= 4 is 17.6 Å². The third-order valence-corrected chi connectivity index (χ3v) is 2.69. The van der Waals surface area contributed by atoms with E-state index in [1.807, 2.05) is 6.07 Å². The van der Waals surface area contributed by atoms with E-state index in [-0.39, 0.29) is 0 Å².